The summed E-state index contributed by atoms with van der Waals surface area (Å²) in [4.78, 5) is 14.3. The fourth-order valence-electron chi connectivity index (χ4n) is 3.74. The molecule has 0 saturated heterocycles. The normalized spacial score (nSPS) is 15.8. The number of nitrogens with zero attached hydrogens (tertiary/aromatic N) is 4. The molecule has 8 heteroatoms. The first-order valence-corrected chi connectivity index (χ1v) is 10.1. The van der Waals surface area contributed by atoms with Crippen molar-refractivity contribution in [3.05, 3.63) is 47.3 Å². The van der Waals surface area contributed by atoms with Crippen molar-refractivity contribution in [3.8, 4) is 0 Å². The number of nitrogens with one attached hydrogen (secondary N) is 1. The van der Waals surface area contributed by atoms with Crippen molar-refractivity contribution in [1.29, 1.82) is 0 Å². The largest absolute Gasteiger partial charge is 0.375 e. The van der Waals surface area contributed by atoms with Gasteiger partial charge in [0.15, 0.2) is 5.82 Å². The molecule has 0 fully saturated rings. The van der Waals surface area contributed by atoms with E-state index >= 15 is 0 Å². The molecule has 1 atom stereocenters. The minimum absolute atomic E-state index is 0.0198. The average molecular weight is 404 g/mol. The number of methoxy groups -OCH3 is 1. The van der Waals surface area contributed by atoms with Gasteiger partial charge < -0.3 is 14.6 Å². The third kappa shape index (κ3) is 5.61. The van der Waals surface area contributed by atoms with Crippen LogP contribution in [0.3, 0.4) is 0 Å². The van der Waals surface area contributed by atoms with E-state index in [-0.39, 0.29) is 24.4 Å². The zero-order chi connectivity index (χ0) is 20.8. The van der Waals surface area contributed by atoms with Crippen LogP contribution < -0.4 is 5.32 Å². The molecule has 1 aromatic carbocycles. The lowest BCUT2D eigenvalue weighted by Crippen LogP contribution is -2.34. The Hall–Kier alpha value is -2.32. The Labute approximate surface area is 171 Å². The number of halogens is 1. The summed E-state index contributed by atoms with van der Waals surface area (Å²) >= 11 is 0. The fourth-order valence-corrected chi connectivity index (χ4v) is 3.74. The van der Waals surface area contributed by atoms with Crippen LogP contribution >= 0.6 is 0 Å². The van der Waals surface area contributed by atoms with E-state index in [1.807, 2.05) is 12.1 Å². The summed E-state index contributed by atoms with van der Waals surface area (Å²) in [6, 6.07) is 6.69. The molecule has 29 heavy (non-hydrogen) atoms. The van der Waals surface area contributed by atoms with Crippen molar-refractivity contribution in [2.75, 3.05) is 26.8 Å². The van der Waals surface area contributed by atoms with E-state index in [0.29, 0.717) is 24.6 Å². The lowest BCUT2D eigenvalue weighted by Gasteiger charge is -2.22. The number of benzene rings is 1. The third-order valence-corrected chi connectivity index (χ3v) is 5.13. The van der Waals surface area contributed by atoms with Crippen LogP contribution in [-0.4, -0.2) is 52.4 Å². The molecule has 0 spiro atoms. The van der Waals surface area contributed by atoms with Crippen molar-refractivity contribution in [3.63, 3.8) is 0 Å². The molecule has 1 aromatic heterocycles. The van der Waals surface area contributed by atoms with Gasteiger partial charge >= 0.3 is 0 Å². The minimum atomic E-state index is -0.211. The highest BCUT2D eigenvalue weighted by Gasteiger charge is 2.26. The molecule has 7 nitrogen and oxygen atoms in total. The van der Waals surface area contributed by atoms with Gasteiger partial charge in [0.05, 0.1) is 6.04 Å². The lowest BCUT2D eigenvalue weighted by atomic mass is 10.0. The van der Waals surface area contributed by atoms with Gasteiger partial charge in [-0.1, -0.05) is 32.0 Å². The van der Waals surface area contributed by atoms with Gasteiger partial charge in [-0.15, -0.1) is 10.2 Å². The maximum absolute atomic E-state index is 14.0. The van der Waals surface area contributed by atoms with E-state index in [4.69, 9.17) is 4.74 Å². The molecule has 0 bridgehead atoms. The van der Waals surface area contributed by atoms with Crippen LogP contribution in [0.2, 0.25) is 0 Å². The molecule has 2 aromatic rings. The standard InChI is InChI=1S/C21H30FN5O2/c1-15(2)12-18(23-20(28)14-29-3)21-25-24-19-8-9-26(10-11-27(19)21)13-16-6-4-5-7-17(16)22/h4-7,15,18H,8-14H2,1-3H3,(H,23,28). The summed E-state index contributed by atoms with van der Waals surface area (Å²) in [7, 11) is 1.50. The van der Waals surface area contributed by atoms with Crippen molar-refractivity contribution in [1.82, 2.24) is 25.0 Å². The quantitative estimate of drug-likeness (QED) is 0.732. The summed E-state index contributed by atoms with van der Waals surface area (Å²) in [5.41, 5.74) is 0.704. The number of amides is 1. The second-order valence-electron chi connectivity index (χ2n) is 7.93. The predicted octanol–water partition coefficient (Wildman–Crippen LogP) is 2.33. The zero-order valence-corrected chi connectivity index (χ0v) is 17.4. The first-order chi connectivity index (χ1) is 14.0. The first kappa shape index (κ1) is 21.4. The van der Waals surface area contributed by atoms with Crippen LogP contribution in [0.4, 0.5) is 4.39 Å². The number of carbonyl (C=O) groups is 1. The molecule has 1 amide bonds. The van der Waals surface area contributed by atoms with Gasteiger partial charge in [-0.2, -0.15) is 0 Å². The van der Waals surface area contributed by atoms with Crippen molar-refractivity contribution >= 4 is 5.91 Å². The summed E-state index contributed by atoms with van der Waals surface area (Å²) < 4.78 is 21.1. The van der Waals surface area contributed by atoms with Crippen molar-refractivity contribution < 1.29 is 13.9 Å². The molecule has 0 radical (unpaired) electrons. The van der Waals surface area contributed by atoms with Gasteiger partial charge in [0.25, 0.3) is 0 Å². The van der Waals surface area contributed by atoms with Gasteiger partial charge in [-0.25, -0.2) is 4.39 Å². The molecule has 1 N–H and O–H groups in total. The van der Waals surface area contributed by atoms with Crippen LogP contribution in [0.25, 0.3) is 0 Å². The Kier molecular flexibility index (Phi) is 7.33. The van der Waals surface area contributed by atoms with Crippen LogP contribution in [0.1, 0.15) is 43.5 Å². The third-order valence-electron chi connectivity index (χ3n) is 5.13. The SMILES string of the molecule is COCC(=O)NC(CC(C)C)c1nnc2n1CCN(Cc1ccccc1F)CC2. The monoisotopic (exact) mass is 403 g/mol. The number of carbonyl (C=O) groups excluding carboxylic acids is 1. The van der Waals surface area contributed by atoms with E-state index in [0.717, 1.165) is 37.6 Å². The molecule has 1 unspecified atom stereocenters. The van der Waals surface area contributed by atoms with E-state index in [9.17, 15) is 9.18 Å². The van der Waals surface area contributed by atoms with Gasteiger partial charge in [-0.3, -0.25) is 9.69 Å². The summed E-state index contributed by atoms with van der Waals surface area (Å²) in [5.74, 6) is 1.75. The highest BCUT2D eigenvalue weighted by Crippen LogP contribution is 2.23. The number of hydrogen-bond acceptors (Lipinski definition) is 5. The summed E-state index contributed by atoms with van der Waals surface area (Å²) in [5, 5.41) is 11.8. The second-order valence-corrected chi connectivity index (χ2v) is 7.93. The van der Waals surface area contributed by atoms with Crippen molar-refractivity contribution in [2.24, 2.45) is 5.92 Å². The maximum atomic E-state index is 14.0. The molecule has 0 aliphatic carbocycles. The van der Waals surface area contributed by atoms with Crippen LogP contribution in [0, 0.1) is 11.7 Å². The first-order valence-electron chi connectivity index (χ1n) is 10.1. The van der Waals surface area contributed by atoms with Gasteiger partial charge in [0, 0.05) is 45.3 Å². The molecule has 0 saturated carbocycles. The Morgan fingerprint density at radius 3 is 2.76 bits per heavy atom. The Bertz CT molecular complexity index is 823. The molecule has 1 aliphatic rings. The van der Waals surface area contributed by atoms with Crippen LogP contribution in [0.15, 0.2) is 24.3 Å². The maximum Gasteiger partial charge on any atom is 0.246 e. The molecule has 2 heterocycles. The molecule has 1 aliphatic heterocycles. The molecular weight excluding hydrogens is 373 g/mol. The predicted molar refractivity (Wildman–Crippen MR) is 108 cm³/mol. The number of aromatic nitrogens is 3. The minimum Gasteiger partial charge on any atom is -0.375 e. The van der Waals surface area contributed by atoms with E-state index in [1.165, 1.54) is 13.2 Å². The molecular formula is C21H30FN5O2. The van der Waals surface area contributed by atoms with Gasteiger partial charge in [0.2, 0.25) is 5.91 Å². The van der Waals surface area contributed by atoms with E-state index < -0.39 is 0 Å². The molecule has 3 rings (SSSR count). The zero-order valence-electron chi connectivity index (χ0n) is 17.4. The van der Waals surface area contributed by atoms with Crippen molar-refractivity contribution in [2.45, 2.75) is 45.8 Å². The van der Waals surface area contributed by atoms with E-state index in [1.54, 1.807) is 6.07 Å². The Morgan fingerprint density at radius 2 is 2.03 bits per heavy atom. The second kappa shape index (κ2) is 9.93. The number of hydrogen-bond donors (Lipinski definition) is 1. The van der Waals surface area contributed by atoms with Gasteiger partial charge in [0.1, 0.15) is 18.2 Å². The number of fused-ring (bicyclic) bond motifs is 1. The number of rotatable bonds is 8. The van der Waals surface area contributed by atoms with Gasteiger partial charge in [-0.05, 0) is 18.4 Å². The molecule has 158 valence electrons. The van der Waals surface area contributed by atoms with Crippen LogP contribution in [0.5, 0.6) is 0 Å². The van der Waals surface area contributed by atoms with Crippen LogP contribution in [-0.2, 0) is 29.0 Å². The lowest BCUT2D eigenvalue weighted by molar-refractivity contribution is -0.125. The smallest absolute Gasteiger partial charge is 0.246 e. The topological polar surface area (TPSA) is 72.3 Å². The fraction of sp³-hybridized carbons (Fsp3) is 0.571. The summed E-state index contributed by atoms with van der Waals surface area (Å²) in [6.07, 6.45) is 1.51. The highest BCUT2D eigenvalue weighted by molar-refractivity contribution is 5.77. The Balaban J connectivity index is 1.73. The number of ether oxygens (including phenoxy) is 1. The van der Waals surface area contributed by atoms with E-state index in [2.05, 4.69) is 38.8 Å². The summed E-state index contributed by atoms with van der Waals surface area (Å²) in [6.45, 7) is 7.09. The Morgan fingerprint density at radius 1 is 1.24 bits per heavy atom. The average Bonchev–Trinajstić information content (AvgIpc) is 2.97. The highest BCUT2D eigenvalue weighted by atomic mass is 19.1.